The Kier molecular flexibility index (Phi) is 40.1. The lowest BCUT2D eigenvalue weighted by molar-refractivity contribution is 0.0454. The summed E-state index contributed by atoms with van der Waals surface area (Å²) in [4.78, 5) is 0. The third kappa shape index (κ3) is 29.4. The number of hydrogen-bond acceptors (Lipinski definition) is 8. The first-order chi connectivity index (χ1) is 37.9. The molecule has 24 atom stereocenters. The van der Waals surface area contributed by atoms with Crippen molar-refractivity contribution in [2.75, 3.05) is 0 Å². The van der Waals surface area contributed by atoms with E-state index in [0.29, 0.717) is 82.9 Å². The van der Waals surface area contributed by atoms with Crippen LogP contribution in [0.1, 0.15) is 209 Å². The Morgan fingerprint density at radius 3 is 1.30 bits per heavy atom. The summed E-state index contributed by atoms with van der Waals surface area (Å²) in [6.45, 7) is 47.2. The molecule has 0 spiro atoms. The summed E-state index contributed by atoms with van der Waals surface area (Å²) in [5, 5.41) is 75.4. The molecule has 8 rings (SSSR count). The fourth-order valence-corrected chi connectivity index (χ4v) is 13.5. The molecule has 8 aliphatic carbocycles. The van der Waals surface area contributed by atoms with Gasteiger partial charge in [0.15, 0.2) is 0 Å². The molecule has 0 aliphatic heterocycles. The number of aliphatic hydroxyl groups is 8. The summed E-state index contributed by atoms with van der Waals surface area (Å²) in [6.07, 6.45) is 40.9. The quantitative estimate of drug-likeness (QED) is 0.111. The van der Waals surface area contributed by atoms with Gasteiger partial charge in [-0.1, -0.05) is 123 Å². The molecule has 0 heterocycles. The maximum Gasteiger partial charge on any atom is 0.0628 e. The largest absolute Gasteiger partial charge is 0.393 e. The molecule has 8 fully saturated rings. The molecule has 464 valence electrons. The Morgan fingerprint density at radius 2 is 0.812 bits per heavy atom. The Bertz CT molecular complexity index is 1590. The summed E-state index contributed by atoms with van der Waals surface area (Å²) < 4.78 is 0. The minimum Gasteiger partial charge on any atom is -0.393 e. The average molecular weight is 1120 g/mol. The van der Waals surface area contributed by atoms with E-state index in [4.69, 9.17) is 0 Å². The van der Waals surface area contributed by atoms with E-state index in [0.717, 1.165) is 108 Å². The Labute approximate surface area is 492 Å². The highest BCUT2D eigenvalue weighted by Gasteiger charge is 2.30. The molecule has 0 aromatic heterocycles. The van der Waals surface area contributed by atoms with Crippen molar-refractivity contribution >= 4 is 0 Å². The second-order valence-corrected chi connectivity index (χ2v) is 26.8. The lowest BCUT2D eigenvalue weighted by Gasteiger charge is -2.30. The van der Waals surface area contributed by atoms with Crippen molar-refractivity contribution in [2.45, 2.75) is 258 Å². The summed E-state index contributed by atoms with van der Waals surface area (Å²) >= 11 is 0. The van der Waals surface area contributed by atoms with E-state index < -0.39 is 0 Å². The normalized spacial score (nSPS) is 41.2. The van der Waals surface area contributed by atoms with Gasteiger partial charge in [-0.3, -0.25) is 0 Å². The molecule has 80 heavy (non-hydrogen) atoms. The van der Waals surface area contributed by atoms with Crippen molar-refractivity contribution in [1.82, 2.24) is 0 Å². The SMILES string of the molecule is C=CC1C(C)CCCC1O.C=CC1CC(C)CC(O)C1.C=CC1CC(C)CCC1O.C=CC1CC(O)CCC1C.C=CC1CCC(C)C(O)C1.C=CC1CCC(C)CC1O.C=CC1CCCC(C)C1O.C=CC1CCCC(O)C1C. The molecular weight excluding hydrogens is 993 g/mol. The van der Waals surface area contributed by atoms with Gasteiger partial charge in [0.1, 0.15) is 0 Å². The zero-order valence-corrected chi connectivity index (χ0v) is 52.7. The minimum absolute atomic E-state index is 0.0702. The topological polar surface area (TPSA) is 162 Å². The highest BCUT2D eigenvalue weighted by molar-refractivity contribution is 4.94. The zero-order chi connectivity index (χ0) is 60.5. The van der Waals surface area contributed by atoms with E-state index in [9.17, 15) is 40.9 Å². The van der Waals surface area contributed by atoms with Gasteiger partial charge in [-0.05, 0) is 206 Å². The second kappa shape index (κ2) is 42.4. The number of rotatable bonds is 8. The maximum atomic E-state index is 9.57. The first-order valence-corrected chi connectivity index (χ1v) is 32.4. The van der Waals surface area contributed by atoms with Crippen molar-refractivity contribution in [3.05, 3.63) is 101 Å². The number of hydrogen-bond donors (Lipinski definition) is 8. The standard InChI is InChI=1S/8C9H16O/c1-3-8-4-7(2)5-9(10)6-8;1-3-8-6-9(10)5-4-7(8)2;1-3-8-5-4-7(2)9(10)6-8;1-3-8-6-7(2)4-5-9(8)10;1-3-8-5-4-7(2)6-9(8)10;1-3-8-5-4-6-9(10)7(8)2;1-3-8-7(2)5-4-6-9(8)10;1-3-8-6-4-5-7(2)9(8)10/h8*3,7-10H,1,4-6H2,2H3. The van der Waals surface area contributed by atoms with Crippen molar-refractivity contribution < 1.29 is 40.9 Å². The van der Waals surface area contributed by atoms with E-state index in [1.807, 2.05) is 48.6 Å². The van der Waals surface area contributed by atoms with Crippen molar-refractivity contribution in [1.29, 1.82) is 0 Å². The maximum absolute atomic E-state index is 9.57. The van der Waals surface area contributed by atoms with Crippen LogP contribution in [0.5, 0.6) is 0 Å². The highest BCUT2D eigenvalue weighted by Crippen LogP contribution is 2.35. The van der Waals surface area contributed by atoms with Gasteiger partial charge < -0.3 is 40.9 Å². The number of allylic oxidation sites excluding steroid dienone is 4. The smallest absolute Gasteiger partial charge is 0.0628 e. The molecule has 8 heteroatoms. The summed E-state index contributed by atoms with van der Waals surface area (Å²) in [5.41, 5.74) is 0. The number of aliphatic hydroxyl groups excluding tert-OH is 8. The van der Waals surface area contributed by atoms with Crippen molar-refractivity contribution in [3.8, 4) is 0 Å². The van der Waals surface area contributed by atoms with Gasteiger partial charge in [-0.2, -0.15) is 0 Å². The van der Waals surface area contributed by atoms with Crippen LogP contribution in [0.4, 0.5) is 0 Å². The molecule has 0 bridgehead atoms. The average Bonchev–Trinajstić information content (AvgIpc) is 3.43. The van der Waals surface area contributed by atoms with E-state index in [2.05, 4.69) is 108 Å². The predicted octanol–water partition coefficient (Wildman–Crippen LogP) is 15.8. The molecule has 24 unspecified atom stereocenters. The molecule has 0 aromatic carbocycles. The van der Waals surface area contributed by atoms with Crippen molar-refractivity contribution in [3.63, 3.8) is 0 Å². The van der Waals surface area contributed by atoms with E-state index in [-0.39, 0.29) is 48.8 Å². The first-order valence-electron chi connectivity index (χ1n) is 32.4. The molecule has 0 amide bonds. The van der Waals surface area contributed by atoms with Crippen LogP contribution in [0.3, 0.4) is 0 Å². The summed E-state index contributed by atoms with van der Waals surface area (Å²) in [6, 6.07) is 0. The van der Waals surface area contributed by atoms with Gasteiger partial charge in [0.2, 0.25) is 0 Å². The molecular formula is C72H128O8. The van der Waals surface area contributed by atoms with Gasteiger partial charge in [0.25, 0.3) is 0 Å². The molecule has 8 saturated carbocycles. The van der Waals surface area contributed by atoms with Gasteiger partial charge in [-0.25, -0.2) is 0 Å². The first kappa shape index (κ1) is 75.6. The van der Waals surface area contributed by atoms with Crippen LogP contribution in [-0.2, 0) is 0 Å². The molecule has 8 N–H and O–H groups in total. The monoisotopic (exact) mass is 1120 g/mol. The van der Waals surface area contributed by atoms with Gasteiger partial charge in [0, 0.05) is 23.7 Å². The minimum atomic E-state index is -0.133. The van der Waals surface area contributed by atoms with Crippen LogP contribution in [0.25, 0.3) is 0 Å². The van der Waals surface area contributed by atoms with Gasteiger partial charge in [0.05, 0.1) is 48.8 Å². The Balaban J connectivity index is 0.000000457. The lowest BCUT2D eigenvalue weighted by Crippen LogP contribution is -2.30. The van der Waals surface area contributed by atoms with Crippen LogP contribution in [0.15, 0.2) is 101 Å². The second-order valence-electron chi connectivity index (χ2n) is 26.8. The molecule has 8 aliphatic rings. The van der Waals surface area contributed by atoms with E-state index >= 15 is 0 Å². The van der Waals surface area contributed by atoms with E-state index in [1.54, 1.807) is 0 Å². The van der Waals surface area contributed by atoms with Gasteiger partial charge in [-0.15, -0.1) is 52.6 Å². The Morgan fingerprint density at radius 1 is 0.275 bits per heavy atom. The zero-order valence-electron chi connectivity index (χ0n) is 52.7. The summed E-state index contributed by atoms with van der Waals surface area (Å²) in [7, 11) is 0. The van der Waals surface area contributed by atoms with Crippen LogP contribution < -0.4 is 0 Å². The van der Waals surface area contributed by atoms with Crippen LogP contribution in [0, 0.1) is 94.7 Å². The van der Waals surface area contributed by atoms with Crippen molar-refractivity contribution in [2.24, 2.45) is 94.7 Å². The highest BCUT2D eigenvalue weighted by atomic mass is 16.3. The predicted molar refractivity (Wildman–Crippen MR) is 342 cm³/mol. The summed E-state index contributed by atoms with van der Waals surface area (Å²) in [5.74, 6) is 8.49. The van der Waals surface area contributed by atoms with E-state index in [1.165, 1.54) is 57.8 Å². The Hall–Kier alpha value is -2.40. The fourth-order valence-electron chi connectivity index (χ4n) is 13.5. The third-order valence-electron chi connectivity index (χ3n) is 19.9. The van der Waals surface area contributed by atoms with Gasteiger partial charge >= 0.3 is 0 Å². The molecule has 0 aromatic rings. The fraction of sp³-hybridized carbons (Fsp3) is 0.778. The molecule has 0 radical (unpaired) electrons. The van der Waals surface area contributed by atoms with Crippen LogP contribution >= 0.6 is 0 Å². The molecule has 8 nitrogen and oxygen atoms in total. The molecule has 0 saturated heterocycles. The third-order valence-corrected chi connectivity index (χ3v) is 19.9. The van der Waals surface area contributed by atoms with Crippen LogP contribution in [0.2, 0.25) is 0 Å². The van der Waals surface area contributed by atoms with Crippen LogP contribution in [-0.4, -0.2) is 89.7 Å². The lowest BCUT2D eigenvalue weighted by atomic mass is 9.78.